The van der Waals surface area contributed by atoms with E-state index in [4.69, 9.17) is 14.2 Å². The van der Waals surface area contributed by atoms with Crippen LogP contribution in [-0.4, -0.2) is 44.6 Å². The van der Waals surface area contributed by atoms with Crippen LogP contribution in [0.2, 0.25) is 0 Å². The van der Waals surface area contributed by atoms with E-state index in [2.05, 4.69) is 15.9 Å². The highest BCUT2D eigenvalue weighted by Gasteiger charge is 2.27. The molecule has 0 radical (unpaired) electrons. The van der Waals surface area contributed by atoms with Crippen molar-refractivity contribution in [2.24, 2.45) is 0 Å². The summed E-state index contributed by atoms with van der Waals surface area (Å²) in [4.78, 5) is 27.0. The van der Waals surface area contributed by atoms with Gasteiger partial charge in [0.25, 0.3) is 11.8 Å². The molecule has 6 nitrogen and oxygen atoms in total. The number of carbonyl (C=O) groups excluding carboxylic acids is 2. The van der Waals surface area contributed by atoms with Gasteiger partial charge in [-0.25, -0.2) is 0 Å². The fourth-order valence-corrected chi connectivity index (χ4v) is 3.74. The van der Waals surface area contributed by atoms with Crippen molar-refractivity contribution in [2.45, 2.75) is 6.42 Å². The van der Waals surface area contributed by atoms with E-state index in [1.165, 1.54) is 32.3 Å². The smallest absolute Gasteiger partial charge is 0.261 e. The maximum Gasteiger partial charge on any atom is 0.261 e. The maximum absolute atomic E-state index is 12.9. The first kappa shape index (κ1) is 21.6. The Morgan fingerprint density at radius 1 is 1.07 bits per heavy atom. The van der Waals surface area contributed by atoms with E-state index in [1.54, 1.807) is 18.2 Å². The third-order valence-corrected chi connectivity index (χ3v) is 5.40. The van der Waals surface area contributed by atoms with Crippen molar-refractivity contribution >= 4 is 39.4 Å². The molecule has 0 fully saturated rings. The average Bonchev–Trinajstić information content (AvgIpc) is 2.77. The molecule has 0 N–H and O–H groups in total. The van der Waals surface area contributed by atoms with Gasteiger partial charge in [0.2, 0.25) is 5.75 Å². The third-order valence-electron chi connectivity index (χ3n) is 4.71. The molecule has 0 aromatic heterocycles. The number of halogens is 1. The molecule has 0 saturated heterocycles. The van der Waals surface area contributed by atoms with Crippen LogP contribution in [0.25, 0.3) is 11.6 Å². The Morgan fingerprint density at radius 3 is 2.33 bits per heavy atom. The molecule has 0 aliphatic carbocycles. The molecule has 30 heavy (non-hydrogen) atoms. The second kappa shape index (κ2) is 9.63. The zero-order valence-corrected chi connectivity index (χ0v) is 18.6. The van der Waals surface area contributed by atoms with Crippen LogP contribution in [0.1, 0.15) is 17.5 Å². The predicted octanol–water partition coefficient (Wildman–Crippen LogP) is 4.33. The monoisotopic (exact) mass is 471 g/mol. The SMILES string of the molecule is COc1cc(/C=C/C(=O)N2CCC=C(c3ccccc3Br)C2=O)cc(OC)c1OC. The quantitative estimate of drug-likeness (QED) is 0.586. The van der Waals surface area contributed by atoms with Gasteiger partial charge in [-0.15, -0.1) is 0 Å². The van der Waals surface area contributed by atoms with E-state index in [9.17, 15) is 9.59 Å². The van der Waals surface area contributed by atoms with E-state index in [-0.39, 0.29) is 11.8 Å². The maximum atomic E-state index is 12.9. The lowest BCUT2D eigenvalue weighted by Crippen LogP contribution is -2.39. The number of imide groups is 1. The van der Waals surface area contributed by atoms with Crippen molar-refractivity contribution in [3.63, 3.8) is 0 Å². The fraction of sp³-hybridized carbons (Fsp3) is 0.217. The Labute approximate surface area is 183 Å². The van der Waals surface area contributed by atoms with Gasteiger partial charge in [-0.05, 0) is 36.3 Å². The Balaban J connectivity index is 1.83. The van der Waals surface area contributed by atoms with Gasteiger partial charge in [0.15, 0.2) is 11.5 Å². The highest BCUT2D eigenvalue weighted by Crippen LogP contribution is 2.38. The summed E-state index contributed by atoms with van der Waals surface area (Å²) < 4.78 is 16.8. The van der Waals surface area contributed by atoms with Crippen molar-refractivity contribution in [2.75, 3.05) is 27.9 Å². The number of carbonyl (C=O) groups is 2. The molecular formula is C23H22BrNO5. The fourth-order valence-electron chi connectivity index (χ4n) is 3.24. The highest BCUT2D eigenvalue weighted by atomic mass is 79.9. The second-order valence-corrected chi connectivity index (χ2v) is 7.33. The zero-order valence-electron chi connectivity index (χ0n) is 17.0. The van der Waals surface area contributed by atoms with Gasteiger partial charge in [-0.2, -0.15) is 0 Å². The molecule has 2 aromatic carbocycles. The Hall–Kier alpha value is -3.06. The molecule has 156 valence electrons. The topological polar surface area (TPSA) is 65.1 Å². The average molecular weight is 472 g/mol. The minimum Gasteiger partial charge on any atom is -0.493 e. The molecule has 2 amide bonds. The van der Waals surface area contributed by atoms with E-state index < -0.39 is 0 Å². The van der Waals surface area contributed by atoms with Gasteiger partial charge >= 0.3 is 0 Å². The summed E-state index contributed by atoms with van der Waals surface area (Å²) in [5.74, 6) is 0.742. The first-order valence-electron chi connectivity index (χ1n) is 9.29. The molecule has 1 heterocycles. The van der Waals surface area contributed by atoms with Crippen molar-refractivity contribution in [1.29, 1.82) is 0 Å². The number of nitrogens with zero attached hydrogens (tertiary/aromatic N) is 1. The Morgan fingerprint density at radius 2 is 1.73 bits per heavy atom. The normalized spacial score (nSPS) is 13.9. The van der Waals surface area contributed by atoms with Gasteiger partial charge in [-0.1, -0.05) is 40.2 Å². The van der Waals surface area contributed by atoms with Crippen LogP contribution < -0.4 is 14.2 Å². The molecule has 0 atom stereocenters. The van der Waals surface area contributed by atoms with Gasteiger partial charge in [0, 0.05) is 28.2 Å². The van der Waals surface area contributed by atoms with Crippen molar-refractivity contribution < 1.29 is 23.8 Å². The zero-order chi connectivity index (χ0) is 21.7. The van der Waals surface area contributed by atoms with Crippen LogP contribution in [0.4, 0.5) is 0 Å². The molecule has 0 bridgehead atoms. The lowest BCUT2D eigenvalue weighted by molar-refractivity contribution is -0.138. The summed E-state index contributed by atoms with van der Waals surface area (Å²) >= 11 is 3.47. The molecule has 1 aliphatic rings. The van der Waals surface area contributed by atoms with Crippen LogP contribution in [0.5, 0.6) is 17.2 Å². The minimum absolute atomic E-state index is 0.312. The minimum atomic E-state index is -0.383. The third kappa shape index (κ3) is 4.41. The van der Waals surface area contributed by atoms with Crippen molar-refractivity contribution in [3.05, 3.63) is 64.1 Å². The van der Waals surface area contributed by atoms with E-state index in [0.717, 1.165) is 10.0 Å². The van der Waals surface area contributed by atoms with Crippen LogP contribution in [-0.2, 0) is 9.59 Å². The Bertz CT molecular complexity index is 1000. The van der Waals surface area contributed by atoms with Gasteiger partial charge < -0.3 is 14.2 Å². The van der Waals surface area contributed by atoms with Crippen LogP contribution in [0.3, 0.4) is 0 Å². The lowest BCUT2D eigenvalue weighted by Gasteiger charge is -2.25. The van der Waals surface area contributed by atoms with Crippen LogP contribution >= 0.6 is 15.9 Å². The summed E-state index contributed by atoms with van der Waals surface area (Å²) in [5.41, 5.74) is 1.97. The number of methoxy groups -OCH3 is 3. The first-order valence-corrected chi connectivity index (χ1v) is 10.1. The summed E-state index contributed by atoms with van der Waals surface area (Å²) in [6.45, 7) is 0.339. The number of ether oxygens (including phenoxy) is 3. The molecule has 2 aromatic rings. The molecular weight excluding hydrogens is 450 g/mol. The molecule has 0 spiro atoms. The second-order valence-electron chi connectivity index (χ2n) is 6.47. The summed E-state index contributed by atoms with van der Waals surface area (Å²) in [6, 6.07) is 10.9. The number of amides is 2. The number of hydrogen-bond donors (Lipinski definition) is 0. The van der Waals surface area contributed by atoms with Crippen molar-refractivity contribution in [1.82, 2.24) is 4.90 Å². The van der Waals surface area contributed by atoms with E-state index in [0.29, 0.717) is 41.4 Å². The molecule has 7 heteroatoms. The van der Waals surface area contributed by atoms with Gasteiger partial charge in [-0.3, -0.25) is 14.5 Å². The predicted molar refractivity (Wildman–Crippen MR) is 119 cm³/mol. The van der Waals surface area contributed by atoms with Gasteiger partial charge in [0.1, 0.15) is 0 Å². The molecule has 1 aliphatic heterocycles. The van der Waals surface area contributed by atoms with E-state index in [1.807, 2.05) is 30.3 Å². The summed E-state index contributed by atoms with van der Waals surface area (Å²) in [7, 11) is 4.58. The molecule has 0 unspecified atom stereocenters. The number of rotatable bonds is 6. The van der Waals surface area contributed by atoms with Gasteiger partial charge in [0.05, 0.1) is 21.3 Å². The largest absolute Gasteiger partial charge is 0.493 e. The Kier molecular flexibility index (Phi) is 6.95. The lowest BCUT2D eigenvalue weighted by atomic mass is 10.00. The van der Waals surface area contributed by atoms with E-state index >= 15 is 0 Å². The molecule has 0 saturated carbocycles. The van der Waals surface area contributed by atoms with Crippen LogP contribution in [0, 0.1) is 0 Å². The number of hydrogen-bond acceptors (Lipinski definition) is 5. The van der Waals surface area contributed by atoms with Crippen LogP contribution in [0.15, 0.2) is 53.0 Å². The number of benzene rings is 2. The first-order chi connectivity index (χ1) is 14.5. The highest BCUT2D eigenvalue weighted by molar-refractivity contribution is 9.10. The summed E-state index contributed by atoms with van der Waals surface area (Å²) in [5, 5.41) is 0. The molecule has 3 rings (SSSR count). The van der Waals surface area contributed by atoms with Crippen molar-refractivity contribution in [3.8, 4) is 17.2 Å². The standard InChI is InChI=1S/C23H22BrNO5/c1-28-19-13-15(14-20(29-2)22(19)30-3)10-11-21(26)25-12-6-8-17(23(25)27)16-7-4-5-9-18(16)24/h4-5,7-11,13-14H,6,12H2,1-3H3/b11-10+. The summed E-state index contributed by atoms with van der Waals surface area (Å²) in [6.07, 6.45) is 5.47.